The Kier molecular flexibility index (Phi) is 4.44. The van der Waals surface area contributed by atoms with Crippen LogP contribution in [0.2, 0.25) is 4.34 Å². The van der Waals surface area contributed by atoms with E-state index in [-0.39, 0.29) is 10.0 Å². The largest absolute Gasteiger partial charge is 0.272 e. The van der Waals surface area contributed by atoms with Crippen molar-refractivity contribution in [3.05, 3.63) is 33.0 Å². The molecule has 0 saturated heterocycles. The van der Waals surface area contributed by atoms with Crippen molar-refractivity contribution in [1.29, 1.82) is 0 Å². The molecule has 0 radical (unpaired) electrons. The highest BCUT2D eigenvalue weighted by Crippen LogP contribution is 2.27. The van der Waals surface area contributed by atoms with Crippen LogP contribution in [0.4, 0.5) is 5.82 Å². The van der Waals surface area contributed by atoms with Crippen molar-refractivity contribution < 1.29 is 8.42 Å². The van der Waals surface area contributed by atoms with Crippen LogP contribution in [0.3, 0.4) is 0 Å². The minimum atomic E-state index is -3.67. The van der Waals surface area contributed by atoms with Crippen molar-refractivity contribution in [3.63, 3.8) is 0 Å². The summed E-state index contributed by atoms with van der Waals surface area (Å²) < 4.78 is 27.8. The average Bonchev–Trinajstić information content (AvgIpc) is 2.79. The van der Waals surface area contributed by atoms with E-state index in [1.807, 2.05) is 6.92 Å². The van der Waals surface area contributed by atoms with Gasteiger partial charge in [0, 0.05) is 0 Å². The third-order valence-electron chi connectivity index (χ3n) is 2.19. The zero-order valence-corrected chi connectivity index (χ0v) is 13.7. The Hall–Kier alpha value is -0.700. The van der Waals surface area contributed by atoms with Gasteiger partial charge in [0.05, 0.1) is 16.2 Å². The molecule has 1 N–H and O–H groups in total. The fourth-order valence-corrected chi connectivity index (χ4v) is 4.19. The smallest absolute Gasteiger partial charge is 0.261 e. The van der Waals surface area contributed by atoms with Gasteiger partial charge >= 0.3 is 0 Å². The van der Waals surface area contributed by atoms with Gasteiger partial charge in [0.15, 0.2) is 5.82 Å². The Labute approximate surface area is 128 Å². The molecular formula is C10H9BrClN3O2S2. The second kappa shape index (κ2) is 5.74. The summed E-state index contributed by atoms with van der Waals surface area (Å²) in [4.78, 5) is 8.22. The molecule has 9 heteroatoms. The topological polar surface area (TPSA) is 72.0 Å². The lowest BCUT2D eigenvalue weighted by molar-refractivity contribution is 0.603. The van der Waals surface area contributed by atoms with Crippen LogP contribution >= 0.6 is 38.9 Å². The van der Waals surface area contributed by atoms with Crippen LogP contribution in [0.15, 0.2) is 27.1 Å². The maximum Gasteiger partial charge on any atom is 0.272 e. The van der Waals surface area contributed by atoms with Gasteiger partial charge in [-0.3, -0.25) is 4.72 Å². The molecular weight excluding hydrogens is 374 g/mol. The Morgan fingerprint density at radius 3 is 2.79 bits per heavy atom. The lowest BCUT2D eigenvalue weighted by Gasteiger charge is -2.08. The summed E-state index contributed by atoms with van der Waals surface area (Å²) in [6, 6.07) is 2.99. The number of hydrogen-bond acceptors (Lipinski definition) is 5. The molecule has 5 nitrogen and oxygen atoms in total. The Bertz CT molecular complexity index is 703. The lowest BCUT2D eigenvalue weighted by Crippen LogP contribution is -2.14. The Morgan fingerprint density at radius 1 is 1.47 bits per heavy atom. The number of sulfonamides is 1. The molecule has 0 bridgehead atoms. The number of nitrogens with one attached hydrogen (secondary N) is 1. The van der Waals surface area contributed by atoms with Crippen LogP contribution in [-0.2, 0) is 16.4 Å². The highest BCUT2D eigenvalue weighted by molar-refractivity contribution is 9.10. The lowest BCUT2D eigenvalue weighted by atomic mass is 10.3. The van der Waals surface area contributed by atoms with Crippen molar-refractivity contribution in [2.45, 2.75) is 17.6 Å². The van der Waals surface area contributed by atoms with E-state index in [2.05, 4.69) is 30.6 Å². The van der Waals surface area contributed by atoms with E-state index in [1.54, 1.807) is 0 Å². The van der Waals surface area contributed by atoms with Gasteiger partial charge in [-0.1, -0.05) is 18.5 Å². The van der Waals surface area contributed by atoms with Gasteiger partial charge in [0.2, 0.25) is 0 Å². The normalized spacial score (nSPS) is 11.5. The number of halogens is 2. The number of nitrogens with zero attached hydrogens (tertiary/aromatic N) is 2. The Morgan fingerprint density at radius 2 is 2.21 bits per heavy atom. The SMILES string of the molecule is CCc1nc(Br)cnc1NS(=O)(=O)c1ccc(Cl)s1. The van der Waals surface area contributed by atoms with Crippen molar-refractivity contribution in [2.24, 2.45) is 0 Å². The molecule has 0 unspecified atom stereocenters. The zero-order chi connectivity index (χ0) is 14.0. The third-order valence-corrected chi connectivity index (χ3v) is 5.64. The van der Waals surface area contributed by atoms with Crippen molar-refractivity contribution in [3.8, 4) is 0 Å². The molecule has 0 saturated carbocycles. The first-order chi connectivity index (χ1) is 8.92. The number of thiophene rings is 1. The number of rotatable bonds is 4. The zero-order valence-electron chi connectivity index (χ0n) is 9.72. The van der Waals surface area contributed by atoms with Crippen LogP contribution < -0.4 is 4.72 Å². The molecule has 2 heterocycles. The van der Waals surface area contributed by atoms with E-state index >= 15 is 0 Å². The van der Waals surface area contributed by atoms with E-state index in [4.69, 9.17) is 11.6 Å². The summed E-state index contributed by atoms with van der Waals surface area (Å²) in [5.41, 5.74) is 0.570. The fraction of sp³-hybridized carbons (Fsp3) is 0.200. The predicted molar refractivity (Wildman–Crippen MR) is 79.2 cm³/mol. The average molecular weight is 383 g/mol. The first-order valence-electron chi connectivity index (χ1n) is 5.22. The predicted octanol–water partition coefficient (Wildman–Crippen LogP) is 3.32. The third kappa shape index (κ3) is 3.44. The number of anilines is 1. The summed E-state index contributed by atoms with van der Waals surface area (Å²) in [7, 11) is -3.67. The van der Waals surface area contributed by atoms with Crippen molar-refractivity contribution in [1.82, 2.24) is 9.97 Å². The second-order valence-corrected chi connectivity index (χ2v) is 7.94. The van der Waals surface area contributed by atoms with E-state index in [0.29, 0.717) is 21.1 Å². The van der Waals surface area contributed by atoms with Crippen LogP contribution in [0.25, 0.3) is 0 Å². The minimum absolute atomic E-state index is 0.143. The summed E-state index contributed by atoms with van der Waals surface area (Å²) in [5.74, 6) is 0.232. The first-order valence-corrected chi connectivity index (χ1v) is 8.69. The van der Waals surface area contributed by atoms with Crippen LogP contribution in [0.1, 0.15) is 12.6 Å². The first kappa shape index (κ1) is 14.7. The monoisotopic (exact) mass is 381 g/mol. The van der Waals surface area contributed by atoms with Gasteiger partial charge in [0.25, 0.3) is 10.0 Å². The van der Waals surface area contributed by atoms with Gasteiger partial charge in [-0.2, -0.15) is 0 Å². The molecule has 0 aromatic carbocycles. The quantitative estimate of drug-likeness (QED) is 0.880. The minimum Gasteiger partial charge on any atom is -0.261 e. The highest BCUT2D eigenvalue weighted by Gasteiger charge is 2.19. The molecule has 19 heavy (non-hydrogen) atoms. The molecule has 2 aromatic heterocycles. The molecule has 2 rings (SSSR count). The van der Waals surface area contributed by atoms with E-state index in [0.717, 1.165) is 11.3 Å². The van der Waals surface area contributed by atoms with E-state index in [9.17, 15) is 8.42 Å². The van der Waals surface area contributed by atoms with Crippen molar-refractivity contribution in [2.75, 3.05) is 4.72 Å². The molecule has 0 aliphatic carbocycles. The fourth-order valence-electron chi connectivity index (χ4n) is 1.35. The maximum absolute atomic E-state index is 12.1. The Balaban J connectivity index is 2.35. The molecule has 0 aliphatic rings. The van der Waals surface area contributed by atoms with Crippen LogP contribution in [0.5, 0.6) is 0 Å². The number of hydrogen-bond donors (Lipinski definition) is 1. The van der Waals surface area contributed by atoms with Gasteiger partial charge < -0.3 is 0 Å². The van der Waals surface area contributed by atoms with Crippen LogP contribution in [0, 0.1) is 0 Å². The van der Waals surface area contributed by atoms with Gasteiger partial charge in [-0.15, -0.1) is 11.3 Å². The van der Waals surface area contributed by atoms with E-state index < -0.39 is 10.0 Å². The molecule has 0 spiro atoms. The van der Waals surface area contributed by atoms with Gasteiger partial charge in [0.1, 0.15) is 8.81 Å². The standard InChI is InChI=1S/C10H9BrClN3O2S2/c1-2-6-10(13-5-7(11)14-6)15-19(16,17)9-4-3-8(12)18-9/h3-5H,2H2,1H3,(H,13,15). The molecule has 0 atom stereocenters. The van der Waals surface area contributed by atoms with E-state index in [1.165, 1.54) is 18.3 Å². The highest BCUT2D eigenvalue weighted by atomic mass is 79.9. The number of aromatic nitrogens is 2. The molecule has 102 valence electrons. The number of aryl methyl sites for hydroxylation is 1. The van der Waals surface area contributed by atoms with Gasteiger partial charge in [-0.05, 0) is 34.5 Å². The second-order valence-electron chi connectivity index (χ2n) is 3.51. The summed E-state index contributed by atoms with van der Waals surface area (Å²) in [6.45, 7) is 1.87. The molecule has 0 aliphatic heterocycles. The molecule has 2 aromatic rings. The van der Waals surface area contributed by atoms with Crippen LogP contribution in [-0.4, -0.2) is 18.4 Å². The van der Waals surface area contributed by atoms with Crippen molar-refractivity contribution >= 4 is 54.7 Å². The maximum atomic E-state index is 12.1. The summed E-state index contributed by atoms with van der Waals surface area (Å²) >= 11 is 9.93. The van der Waals surface area contributed by atoms with Gasteiger partial charge in [-0.25, -0.2) is 18.4 Å². The molecule has 0 fully saturated rings. The molecule has 0 amide bonds. The summed E-state index contributed by atoms with van der Waals surface area (Å²) in [6.07, 6.45) is 2.01. The summed E-state index contributed by atoms with van der Waals surface area (Å²) in [5, 5.41) is 0.